The zero-order valence-corrected chi connectivity index (χ0v) is 9.68. The number of nitrogens with zero attached hydrogens (tertiary/aromatic N) is 1. The summed E-state index contributed by atoms with van der Waals surface area (Å²) in [6, 6.07) is 0. The highest BCUT2D eigenvalue weighted by atomic mass is 79.9. The molecule has 2 aliphatic rings. The van der Waals surface area contributed by atoms with E-state index in [0.29, 0.717) is 5.76 Å². The first-order chi connectivity index (χ1) is 6.77. The lowest BCUT2D eigenvalue weighted by Gasteiger charge is -2.33. The van der Waals surface area contributed by atoms with Crippen molar-refractivity contribution >= 4 is 15.9 Å². The maximum atomic E-state index is 9.76. The van der Waals surface area contributed by atoms with E-state index in [1.54, 1.807) is 6.08 Å². The zero-order valence-electron chi connectivity index (χ0n) is 8.09. The summed E-state index contributed by atoms with van der Waals surface area (Å²) in [5.41, 5.74) is 0. The molecule has 4 heteroatoms. The van der Waals surface area contributed by atoms with Crippen LogP contribution in [0.2, 0.25) is 0 Å². The third kappa shape index (κ3) is 2.05. The lowest BCUT2D eigenvalue weighted by molar-refractivity contribution is 0.248. The number of halogens is 1. The van der Waals surface area contributed by atoms with Gasteiger partial charge in [0.1, 0.15) is 5.82 Å². The number of aliphatic hydroxyl groups is 1. The largest absolute Gasteiger partial charge is 0.504 e. The second-order valence-electron chi connectivity index (χ2n) is 3.73. The number of hydrogen-bond acceptors (Lipinski definition) is 3. The zero-order chi connectivity index (χ0) is 9.97. The highest BCUT2D eigenvalue weighted by molar-refractivity contribution is 9.11. The van der Waals surface area contributed by atoms with Crippen LogP contribution in [0.5, 0.6) is 0 Å². The van der Waals surface area contributed by atoms with Crippen molar-refractivity contribution in [3.05, 3.63) is 22.1 Å². The van der Waals surface area contributed by atoms with Crippen molar-refractivity contribution in [3.8, 4) is 0 Å². The first-order valence-electron chi connectivity index (χ1n) is 5.05. The monoisotopic (exact) mass is 258 g/mol. The van der Waals surface area contributed by atoms with Gasteiger partial charge in [-0.25, -0.2) is 0 Å². The molecule has 2 N–H and O–H groups in total. The molecule has 0 aromatic heterocycles. The Balaban J connectivity index is 2.12. The van der Waals surface area contributed by atoms with E-state index in [9.17, 15) is 5.11 Å². The predicted octanol–water partition coefficient (Wildman–Crippen LogP) is 2.08. The molecule has 2 aliphatic heterocycles. The van der Waals surface area contributed by atoms with Gasteiger partial charge < -0.3 is 15.3 Å². The maximum absolute atomic E-state index is 9.76. The lowest BCUT2D eigenvalue weighted by Crippen LogP contribution is -2.38. The fraction of sp³-hybridized carbons (Fsp3) is 0.600. The molecule has 0 unspecified atom stereocenters. The molecule has 1 saturated heterocycles. The van der Waals surface area contributed by atoms with Crippen molar-refractivity contribution in [2.24, 2.45) is 0 Å². The fourth-order valence-electron chi connectivity index (χ4n) is 1.92. The molecule has 0 amide bonds. The fourth-order valence-corrected chi connectivity index (χ4v) is 2.27. The Morgan fingerprint density at radius 2 is 2.00 bits per heavy atom. The Labute approximate surface area is 92.6 Å². The Kier molecular flexibility index (Phi) is 3.01. The summed E-state index contributed by atoms with van der Waals surface area (Å²) in [5.74, 6) is 1.25. The average Bonchev–Trinajstić information content (AvgIpc) is 2.19. The second kappa shape index (κ2) is 4.26. The molecule has 0 aromatic carbocycles. The molecule has 0 aromatic rings. The van der Waals surface area contributed by atoms with Gasteiger partial charge in [0.15, 0.2) is 5.76 Å². The quantitative estimate of drug-likeness (QED) is 0.756. The molecule has 0 atom stereocenters. The van der Waals surface area contributed by atoms with Gasteiger partial charge >= 0.3 is 0 Å². The van der Waals surface area contributed by atoms with Gasteiger partial charge in [0.25, 0.3) is 0 Å². The minimum Gasteiger partial charge on any atom is -0.504 e. The molecule has 3 nitrogen and oxygen atoms in total. The molecule has 78 valence electrons. The highest BCUT2D eigenvalue weighted by Gasteiger charge is 2.19. The number of dihydropyridines is 1. The van der Waals surface area contributed by atoms with Crippen LogP contribution in [0.4, 0.5) is 0 Å². The first-order valence-corrected chi connectivity index (χ1v) is 5.85. The van der Waals surface area contributed by atoms with E-state index in [-0.39, 0.29) is 0 Å². The number of hydrogen-bond donors (Lipinski definition) is 2. The molecular formula is C10H15BrN2O. The Bertz CT molecular complexity index is 280. The molecule has 0 bridgehead atoms. The van der Waals surface area contributed by atoms with Crippen LogP contribution in [0, 0.1) is 0 Å². The maximum Gasteiger partial charge on any atom is 0.156 e. The van der Waals surface area contributed by atoms with E-state index < -0.39 is 0 Å². The SMILES string of the molecule is OC1=C(N2CCCCC2)NCC(Br)=C1. The van der Waals surface area contributed by atoms with Gasteiger partial charge in [0.05, 0.1) is 0 Å². The number of rotatable bonds is 1. The summed E-state index contributed by atoms with van der Waals surface area (Å²) in [4.78, 5) is 2.23. The standard InChI is InChI=1S/C10H15BrN2O/c11-8-6-9(14)10(12-7-8)13-4-2-1-3-5-13/h6,12,14H,1-5,7H2. The van der Waals surface area contributed by atoms with Crippen LogP contribution in [-0.4, -0.2) is 29.6 Å². The number of aliphatic hydroxyl groups excluding tert-OH is 1. The average molecular weight is 259 g/mol. The normalized spacial score (nSPS) is 23.2. The van der Waals surface area contributed by atoms with Crippen molar-refractivity contribution in [1.82, 2.24) is 10.2 Å². The van der Waals surface area contributed by atoms with Crippen LogP contribution < -0.4 is 5.32 Å². The van der Waals surface area contributed by atoms with Crippen molar-refractivity contribution < 1.29 is 5.11 Å². The highest BCUT2D eigenvalue weighted by Crippen LogP contribution is 2.20. The van der Waals surface area contributed by atoms with E-state index in [1.165, 1.54) is 19.3 Å². The smallest absolute Gasteiger partial charge is 0.156 e. The Morgan fingerprint density at radius 1 is 1.29 bits per heavy atom. The van der Waals surface area contributed by atoms with Crippen LogP contribution in [-0.2, 0) is 0 Å². The Hall–Kier alpha value is -0.640. The van der Waals surface area contributed by atoms with E-state index in [2.05, 4.69) is 26.1 Å². The summed E-state index contributed by atoms with van der Waals surface area (Å²) in [6.45, 7) is 2.88. The molecule has 1 fully saturated rings. The van der Waals surface area contributed by atoms with Gasteiger partial charge in [-0.3, -0.25) is 0 Å². The molecule has 2 heterocycles. The van der Waals surface area contributed by atoms with E-state index in [0.717, 1.165) is 29.9 Å². The van der Waals surface area contributed by atoms with E-state index >= 15 is 0 Å². The van der Waals surface area contributed by atoms with Crippen molar-refractivity contribution in [3.63, 3.8) is 0 Å². The molecule has 0 spiro atoms. The summed E-state index contributed by atoms with van der Waals surface area (Å²) in [6.07, 6.45) is 5.54. The lowest BCUT2D eigenvalue weighted by atomic mass is 10.1. The van der Waals surface area contributed by atoms with Crippen molar-refractivity contribution in [1.29, 1.82) is 0 Å². The second-order valence-corrected chi connectivity index (χ2v) is 4.74. The third-order valence-electron chi connectivity index (χ3n) is 2.63. The summed E-state index contributed by atoms with van der Waals surface area (Å²) in [7, 11) is 0. The van der Waals surface area contributed by atoms with Gasteiger partial charge in [0, 0.05) is 24.1 Å². The summed E-state index contributed by atoms with van der Waals surface area (Å²) < 4.78 is 0.996. The van der Waals surface area contributed by atoms with Gasteiger partial charge in [-0.05, 0) is 25.3 Å². The van der Waals surface area contributed by atoms with Crippen LogP contribution in [0.3, 0.4) is 0 Å². The third-order valence-corrected chi connectivity index (χ3v) is 3.14. The first kappa shape index (κ1) is 9.90. The van der Waals surface area contributed by atoms with Crippen molar-refractivity contribution in [2.45, 2.75) is 19.3 Å². The summed E-state index contributed by atoms with van der Waals surface area (Å²) in [5, 5.41) is 13.0. The minimum atomic E-state index is 0.352. The van der Waals surface area contributed by atoms with Gasteiger partial charge in [-0.1, -0.05) is 15.9 Å². The van der Waals surface area contributed by atoms with Crippen LogP contribution in [0.15, 0.2) is 22.1 Å². The van der Waals surface area contributed by atoms with Crippen molar-refractivity contribution in [2.75, 3.05) is 19.6 Å². The minimum absolute atomic E-state index is 0.352. The van der Waals surface area contributed by atoms with Gasteiger partial charge in [0.2, 0.25) is 0 Å². The van der Waals surface area contributed by atoms with Gasteiger partial charge in [-0.15, -0.1) is 0 Å². The molecule has 0 saturated carbocycles. The summed E-state index contributed by atoms with van der Waals surface area (Å²) >= 11 is 3.37. The number of piperidine rings is 1. The Morgan fingerprint density at radius 3 is 2.64 bits per heavy atom. The molecule has 0 radical (unpaired) electrons. The molecular weight excluding hydrogens is 244 g/mol. The van der Waals surface area contributed by atoms with Crippen LogP contribution >= 0.6 is 15.9 Å². The topological polar surface area (TPSA) is 35.5 Å². The van der Waals surface area contributed by atoms with Gasteiger partial charge in [-0.2, -0.15) is 0 Å². The van der Waals surface area contributed by atoms with Crippen LogP contribution in [0.1, 0.15) is 19.3 Å². The molecule has 2 rings (SSSR count). The number of nitrogens with one attached hydrogen (secondary N) is 1. The number of likely N-dealkylation sites (tertiary alicyclic amines) is 1. The van der Waals surface area contributed by atoms with Crippen LogP contribution in [0.25, 0.3) is 0 Å². The number of allylic oxidation sites excluding steroid dienone is 1. The van der Waals surface area contributed by atoms with E-state index in [1.807, 2.05) is 0 Å². The predicted molar refractivity (Wildman–Crippen MR) is 60.1 cm³/mol. The van der Waals surface area contributed by atoms with E-state index in [4.69, 9.17) is 0 Å². The molecule has 14 heavy (non-hydrogen) atoms. The molecule has 0 aliphatic carbocycles.